The van der Waals surface area contributed by atoms with Crippen LogP contribution in [0.3, 0.4) is 0 Å². The molecule has 0 radical (unpaired) electrons. The highest BCUT2D eigenvalue weighted by molar-refractivity contribution is 6.07. The van der Waals surface area contributed by atoms with Gasteiger partial charge in [-0.05, 0) is 122 Å². The first-order valence-corrected chi connectivity index (χ1v) is 17.7. The van der Waals surface area contributed by atoms with Crippen LogP contribution in [0.2, 0.25) is 0 Å². The van der Waals surface area contributed by atoms with E-state index < -0.39 is 0 Å². The first-order valence-electron chi connectivity index (χ1n) is 17.7. The molecule has 0 atom stereocenters. The van der Waals surface area contributed by atoms with E-state index >= 15 is 0 Å². The summed E-state index contributed by atoms with van der Waals surface area (Å²) in [6.45, 7) is 0. The third-order valence-electron chi connectivity index (χ3n) is 10.2. The van der Waals surface area contributed by atoms with E-state index in [0.29, 0.717) is 0 Å². The SMILES string of the molecule is c1ccc(-c2ccc(N(c3ccc4ccc(-c5ccc6ccc(-c7ccccc7)cc6c5)cc4c3)c3ccc4oc5ccccc5c4c3)cc2)cc1. The molecule has 10 aromatic rings. The number of furan rings is 1. The molecular weight excluding hydrogens is 631 g/mol. The third kappa shape index (κ3) is 5.39. The van der Waals surface area contributed by atoms with E-state index in [1.54, 1.807) is 0 Å². The molecule has 0 N–H and O–H groups in total. The molecule has 0 unspecified atom stereocenters. The molecular formula is C50H33NO. The Kier molecular flexibility index (Phi) is 7.18. The molecule has 0 aliphatic heterocycles. The minimum atomic E-state index is 0.888. The van der Waals surface area contributed by atoms with Gasteiger partial charge < -0.3 is 9.32 Å². The highest BCUT2D eigenvalue weighted by atomic mass is 16.3. The molecule has 0 amide bonds. The molecule has 244 valence electrons. The Morgan fingerprint density at radius 1 is 0.269 bits per heavy atom. The molecule has 0 saturated carbocycles. The molecule has 2 heteroatoms. The molecule has 2 nitrogen and oxygen atoms in total. The number of rotatable bonds is 6. The van der Waals surface area contributed by atoms with Crippen LogP contribution in [0.15, 0.2) is 205 Å². The second-order valence-corrected chi connectivity index (χ2v) is 13.4. The van der Waals surface area contributed by atoms with Crippen LogP contribution >= 0.6 is 0 Å². The van der Waals surface area contributed by atoms with E-state index in [1.165, 1.54) is 54.9 Å². The lowest BCUT2D eigenvalue weighted by molar-refractivity contribution is 0.669. The molecule has 9 aromatic carbocycles. The minimum Gasteiger partial charge on any atom is -0.456 e. The molecule has 10 rings (SSSR count). The quantitative estimate of drug-likeness (QED) is 0.176. The molecule has 0 aliphatic rings. The number of hydrogen-bond donors (Lipinski definition) is 0. The number of benzene rings is 9. The minimum absolute atomic E-state index is 0.888. The second kappa shape index (κ2) is 12.5. The summed E-state index contributed by atoms with van der Waals surface area (Å²) in [6.07, 6.45) is 0. The zero-order chi connectivity index (χ0) is 34.4. The Labute approximate surface area is 302 Å². The zero-order valence-corrected chi connectivity index (χ0v) is 28.4. The van der Waals surface area contributed by atoms with Gasteiger partial charge >= 0.3 is 0 Å². The number of para-hydroxylation sites is 1. The van der Waals surface area contributed by atoms with Crippen LogP contribution in [-0.4, -0.2) is 0 Å². The van der Waals surface area contributed by atoms with Crippen LogP contribution < -0.4 is 4.90 Å². The van der Waals surface area contributed by atoms with Gasteiger partial charge in [-0.3, -0.25) is 0 Å². The average molecular weight is 664 g/mol. The van der Waals surface area contributed by atoms with Gasteiger partial charge in [0.1, 0.15) is 11.2 Å². The van der Waals surface area contributed by atoms with Gasteiger partial charge in [-0.15, -0.1) is 0 Å². The lowest BCUT2D eigenvalue weighted by Gasteiger charge is -2.26. The highest BCUT2D eigenvalue weighted by Crippen LogP contribution is 2.41. The van der Waals surface area contributed by atoms with Crippen molar-refractivity contribution in [2.24, 2.45) is 0 Å². The zero-order valence-electron chi connectivity index (χ0n) is 28.4. The van der Waals surface area contributed by atoms with Crippen LogP contribution in [-0.2, 0) is 0 Å². The molecule has 1 aromatic heterocycles. The molecule has 0 bridgehead atoms. The van der Waals surface area contributed by atoms with Crippen molar-refractivity contribution in [3.05, 3.63) is 200 Å². The fourth-order valence-electron chi connectivity index (χ4n) is 7.52. The van der Waals surface area contributed by atoms with Crippen LogP contribution in [0, 0.1) is 0 Å². The summed E-state index contributed by atoms with van der Waals surface area (Å²) in [6, 6.07) is 71.9. The maximum absolute atomic E-state index is 6.21. The summed E-state index contributed by atoms with van der Waals surface area (Å²) in [4.78, 5) is 2.35. The highest BCUT2D eigenvalue weighted by Gasteiger charge is 2.17. The Hall–Kier alpha value is -6.90. The topological polar surface area (TPSA) is 16.4 Å². The molecule has 0 aliphatic carbocycles. The second-order valence-electron chi connectivity index (χ2n) is 13.4. The maximum Gasteiger partial charge on any atom is 0.135 e. The summed E-state index contributed by atoms with van der Waals surface area (Å²) in [5.41, 5.74) is 12.3. The first kappa shape index (κ1) is 30.0. The summed E-state index contributed by atoms with van der Waals surface area (Å²) >= 11 is 0. The van der Waals surface area contributed by atoms with E-state index in [4.69, 9.17) is 4.42 Å². The fourth-order valence-corrected chi connectivity index (χ4v) is 7.52. The number of anilines is 3. The third-order valence-corrected chi connectivity index (χ3v) is 10.2. The van der Waals surface area contributed by atoms with Gasteiger partial charge in [-0.2, -0.15) is 0 Å². The van der Waals surface area contributed by atoms with Crippen LogP contribution in [0.1, 0.15) is 0 Å². The van der Waals surface area contributed by atoms with Crippen LogP contribution in [0.4, 0.5) is 17.1 Å². The normalized spacial score (nSPS) is 11.5. The molecule has 1 heterocycles. The van der Waals surface area contributed by atoms with Crippen molar-refractivity contribution < 1.29 is 4.42 Å². The molecule has 52 heavy (non-hydrogen) atoms. The molecule has 0 saturated heterocycles. The molecule has 0 spiro atoms. The maximum atomic E-state index is 6.21. The first-order chi connectivity index (χ1) is 25.7. The Bertz CT molecular complexity index is 2890. The summed E-state index contributed by atoms with van der Waals surface area (Å²) in [5, 5.41) is 7.09. The van der Waals surface area contributed by atoms with E-state index in [-0.39, 0.29) is 0 Å². The van der Waals surface area contributed by atoms with E-state index in [2.05, 4.69) is 193 Å². The largest absolute Gasteiger partial charge is 0.456 e. The van der Waals surface area contributed by atoms with Crippen molar-refractivity contribution in [2.75, 3.05) is 4.90 Å². The van der Waals surface area contributed by atoms with Gasteiger partial charge in [0.2, 0.25) is 0 Å². The average Bonchev–Trinajstić information content (AvgIpc) is 3.59. The predicted molar refractivity (Wildman–Crippen MR) is 220 cm³/mol. The predicted octanol–water partition coefficient (Wildman–Crippen LogP) is 14.4. The Morgan fingerprint density at radius 2 is 0.712 bits per heavy atom. The summed E-state index contributed by atoms with van der Waals surface area (Å²) < 4.78 is 6.21. The van der Waals surface area contributed by atoms with Gasteiger partial charge in [0.05, 0.1) is 0 Å². The number of hydrogen-bond acceptors (Lipinski definition) is 2. The lowest BCUT2D eigenvalue weighted by Crippen LogP contribution is -2.09. The van der Waals surface area contributed by atoms with Crippen molar-refractivity contribution in [3.8, 4) is 33.4 Å². The van der Waals surface area contributed by atoms with Gasteiger partial charge in [0.15, 0.2) is 0 Å². The van der Waals surface area contributed by atoms with E-state index in [0.717, 1.165) is 39.0 Å². The van der Waals surface area contributed by atoms with Crippen molar-refractivity contribution in [3.63, 3.8) is 0 Å². The number of fused-ring (bicyclic) bond motifs is 5. The van der Waals surface area contributed by atoms with Crippen molar-refractivity contribution >= 4 is 60.5 Å². The van der Waals surface area contributed by atoms with Gasteiger partial charge in [-0.1, -0.05) is 133 Å². The Morgan fingerprint density at radius 3 is 1.38 bits per heavy atom. The van der Waals surface area contributed by atoms with Crippen molar-refractivity contribution in [2.45, 2.75) is 0 Å². The lowest BCUT2D eigenvalue weighted by atomic mass is 9.96. The molecule has 0 fully saturated rings. The van der Waals surface area contributed by atoms with E-state index in [9.17, 15) is 0 Å². The standard InChI is InChI=1S/C50H33NO/c1-3-9-34(10-4-1)36-21-24-44(25-22-36)51(46-27-28-50-48(33-46)47-13-7-8-14-49(47)52-50)45-26-23-38-17-20-41(31-43(38)32-45)40-19-16-37-15-18-39(29-42(37)30-40)35-11-5-2-6-12-35/h1-33H. The summed E-state index contributed by atoms with van der Waals surface area (Å²) in [5.74, 6) is 0. The fraction of sp³-hybridized carbons (Fsp3) is 0. The van der Waals surface area contributed by atoms with E-state index in [1.807, 2.05) is 12.1 Å². The van der Waals surface area contributed by atoms with Gasteiger partial charge in [0, 0.05) is 27.8 Å². The van der Waals surface area contributed by atoms with Crippen molar-refractivity contribution in [1.82, 2.24) is 0 Å². The smallest absolute Gasteiger partial charge is 0.135 e. The van der Waals surface area contributed by atoms with Crippen molar-refractivity contribution in [1.29, 1.82) is 0 Å². The van der Waals surface area contributed by atoms with Crippen LogP contribution in [0.25, 0.3) is 76.9 Å². The Balaban J connectivity index is 1.08. The monoisotopic (exact) mass is 663 g/mol. The van der Waals surface area contributed by atoms with Gasteiger partial charge in [-0.25, -0.2) is 0 Å². The summed E-state index contributed by atoms with van der Waals surface area (Å²) in [7, 11) is 0. The number of nitrogens with zero attached hydrogens (tertiary/aromatic N) is 1. The van der Waals surface area contributed by atoms with Gasteiger partial charge in [0.25, 0.3) is 0 Å². The van der Waals surface area contributed by atoms with Crippen LogP contribution in [0.5, 0.6) is 0 Å².